The van der Waals surface area contributed by atoms with Crippen LogP contribution in [-0.4, -0.2) is 36.2 Å². The van der Waals surface area contributed by atoms with E-state index < -0.39 is 9.84 Å². The molecule has 0 saturated carbocycles. The van der Waals surface area contributed by atoms with E-state index in [1.165, 1.54) is 6.39 Å². The number of rotatable bonds is 3. The lowest BCUT2D eigenvalue weighted by Gasteiger charge is -2.25. The van der Waals surface area contributed by atoms with Crippen LogP contribution < -0.4 is 5.32 Å². The highest BCUT2D eigenvalue weighted by atomic mass is 32.2. The van der Waals surface area contributed by atoms with Gasteiger partial charge in [-0.15, -0.1) is 10.2 Å². The Morgan fingerprint density at radius 3 is 2.90 bits per heavy atom. The molecule has 1 saturated heterocycles. The molecular formula is C14H17N3O3S. The van der Waals surface area contributed by atoms with E-state index in [4.69, 9.17) is 4.42 Å². The maximum atomic E-state index is 11.7. The lowest BCUT2D eigenvalue weighted by Crippen LogP contribution is -2.34. The topological polar surface area (TPSA) is 85.1 Å². The quantitative estimate of drug-likeness (QED) is 0.934. The normalized spacial score (nSPS) is 21.1. The van der Waals surface area contributed by atoms with Crippen molar-refractivity contribution in [2.24, 2.45) is 0 Å². The third kappa shape index (κ3) is 3.24. The summed E-state index contributed by atoms with van der Waals surface area (Å²) in [7, 11) is -2.90. The van der Waals surface area contributed by atoms with Crippen LogP contribution in [0.3, 0.4) is 0 Å². The van der Waals surface area contributed by atoms with Gasteiger partial charge in [-0.3, -0.25) is 0 Å². The maximum absolute atomic E-state index is 11.7. The molecule has 3 rings (SSSR count). The summed E-state index contributed by atoms with van der Waals surface area (Å²) in [6.45, 7) is 1.97. The van der Waals surface area contributed by atoms with Crippen molar-refractivity contribution in [1.29, 1.82) is 0 Å². The van der Waals surface area contributed by atoms with Crippen molar-refractivity contribution in [3.63, 3.8) is 0 Å². The van der Waals surface area contributed by atoms with Crippen LogP contribution >= 0.6 is 0 Å². The third-order valence-electron chi connectivity index (χ3n) is 3.66. The largest absolute Gasteiger partial charge is 0.423 e. The highest BCUT2D eigenvalue weighted by Gasteiger charge is 2.24. The average Bonchev–Trinajstić information content (AvgIpc) is 2.94. The molecule has 1 aliphatic rings. The molecule has 0 spiro atoms. The summed E-state index contributed by atoms with van der Waals surface area (Å²) in [6, 6.07) is 5.75. The predicted molar refractivity (Wildman–Crippen MR) is 79.8 cm³/mol. The standard InChI is InChI=1S/C14H17N3O3S/c1-10-7-11(14-17-15-9-20-14)4-5-13(10)16-12-3-2-6-21(18,19)8-12/h4-5,7,9,12,16H,2-3,6,8H2,1H3. The molecule has 7 heteroatoms. The first-order valence-corrected chi connectivity index (χ1v) is 8.70. The van der Waals surface area contributed by atoms with Gasteiger partial charge in [0.05, 0.1) is 11.5 Å². The first kappa shape index (κ1) is 14.1. The zero-order chi connectivity index (χ0) is 14.9. The number of aromatic nitrogens is 2. The lowest BCUT2D eigenvalue weighted by molar-refractivity contribution is 0.562. The molecule has 21 heavy (non-hydrogen) atoms. The molecule has 0 radical (unpaired) electrons. The van der Waals surface area contributed by atoms with Crippen molar-refractivity contribution in [2.75, 3.05) is 16.8 Å². The number of hydrogen-bond donors (Lipinski definition) is 1. The van der Waals surface area contributed by atoms with E-state index in [0.717, 1.165) is 29.7 Å². The van der Waals surface area contributed by atoms with E-state index in [1.807, 2.05) is 25.1 Å². The number of hydrogen-bond acceptors (Lipinski definition) is 6. The molecule has 0 aliphatic carbocycles. The highest BCUT2D eigenvalue weighted by Crippen LogP contribution is 2.25. The number of aryl methyl sites for hydroxylation is 1. The summed E-state index contributed by atoms with van der Waals surface area (Å²) >= 11 is 0. The first-order valence-electron chi connectivity index (χ1n) is 6.88. The van der Waals surface area contributed by atoms with Crippen LogP contribution in [-0.2, 0) is 9.84 Å². The molecule has 0 bridgehead atoms. The zero-order valence-electron chi connectivity index (χ0n) is 11.7. The van der Waals surface area contributed by atoms with Gasteiger partial charge in [0.2, 0.25) is 12.3 Å². The van der Waals surface area contributed by atoms with Gasteiger partial charge >= 0.3 is 0 Å². The second-order valence-electron chi connectivity index (χ2n) is 5.37. The fourth-order valence-corrected chi connectivity index (χ4v) is 4.25. The molecule has 112 valence electrons. The summed E-state index contributed by atoms with van der Waals surface area (Å²) < 4.78 is 28.5. The number of benzene rings is 1. The fourth-order valence-electron chi connectivity index (χ4n) is 2.61. The van der Waals surface area contributed by atoms with E-state index in [0.29, 0.717) is 11.6 Å². The summed E-state index contributed by atoms with van der Waals surface area (Å²) in [4.78, 5) is 0. The molecule has 6 nitrogen and oxygen atoms in total. The van der Waals surface area contributed by atoms with Crippen LogP contribution in [0.15, 0.2) is 29.0 Å². The van der Waals surface area contributed by atoms with Gasteiger partial charge in [0.15, 0.2) is 9.84 Å². The number of anilines is 1. The Morgan fingerprint density at radius 2 is 2.24 bits per heavy atom. The first-order chi connectivity index (χ1) is 10.0. The molecule has 1 atom stereocenters. The Hall–Kier alpha value is -1.89. The fraction of sp³-hybridized carbons (Fsp3) is 0.429. The van der Waals surface area contributed by atoms with Crippen molar-refractivity contribution in [2.45, 2.75) is 25.8 Å². The summed E-state index contributed by atoms with van der Waals surface area (Å²) in [5.74, 6) is 0.989. The molecule has 1 aromatic carbocycles. The van der Waals surface area contributed by atoms with Crippen LogP contribution in [0.1, 0.15) is 18.4 Å². The van der Waals surface area contributed by atoms with E-state index in [1.54, 1.807) is 0 Å². The Bertz CT molecular complexity index is 726. The average molecular weight is 307 g/mol. The zero-order valence-corrected chi connectivity index (χ0v) is 12.6. The Balaban J connectivity index is 1.77. The monoisotopic (exact) mass is 307 g/mol. The van der Waals surface area contributed by atoms with Gasteiger partial charge in [-0.05, 0) is 43.5 Å². The second-order valence-corrected chi connectivity index (χ2v) is 7.60. The van der Waals surface area contributed by atoms with Crippen LogP contribution in [0, 0.1) is 6.92 Å². The molecular weight excluding hydrogens is 290 g/mol. The van der Waals surface area contributed by atoms with E-state index in [-0.39, 0.29) is 11.8 Å². The maximum Gasteiger partial charge on any atom is 0.247 e. The summed E-state index contributed by atoms with van der Waals surface area (Å²) in [5, 5.41) is 10.9. The van der Waals surface area contributed by atoms with E-state index in [2.05, 4.69) is 15.5 Å². The van der Waals surface area contributed by atoms with Crippen molar-refractivity contribution < 1.29 is 12.8 Å². The number of nitrogens with zero attached hydrogens (tertiary/aromatic N) is 2. The molecule has 1 aromatic heterocycles. The van der Waals surface area contributed by atoms with Gasteiger partial charge < -0.3 is 9.73 Å². The van der Waals surface area contributed by atoms with Gasteiger partial charge in [-0.1, -0.05) is 0 Å². The molecule has 1 unspecified atom stereocenters. The molecule has 1 aliphatic heterocycles. The Kier molecular flexibility index (Phi) is 3.67. The molecule has 1 N–H and O–H groups in total. The van der Waals surface area contributed by atoms with Gasteiger partial charge in [0.25, 0.3) is 0 Å². The van der Waals surface area contributed by atoms with Gasteiger partial charge in [0.1, 0.15) is 0 Å². The highest BCUT2D eigenvalue weighted by molar-refractivity contribution is 7.91. The van der Waals surface area contributed by atoms with Gasteiger partial charge in [-0.25, -0.2) is 8.42 Å². The Morgan fingerprint density at radius 1 is 1.38 bits per heavy atom. The minimum absolute atomic E-state index is 0.0169. The molecule has 2 aromatic rings. The van der Waals surface area contributed by atoms with Crippen LogP contribution in [0.4, 0.5) is 5.69 Å². The van der Waals surface area contributed by atoms with Gasteiger partial charge in [-0.2, -0.15) is 0 Å². The summed E-state index contributed by atoms with van der Waals surface area (Å²) in [5.41, 5.74) is 2.82. The predicted octanol–water partition coefficient (Wildman–Crippen LogP) is 2.03. The Labute approximate surface area is 123 Å². The van der Waals surface area contributed by atoms with Crippen molar-refractivity contribution in [3.8, 4) is 11.5 Å². The molecule has 2 heterocycles. The number of nitrogens with one attached hydrogen (secondary N) is 1. The van der Waals surface area contributed by atoms with Crippen LogP contribution in [0.5, 0.6) is 0 Å². The summed E-state index contributed by atoms with van der Waals surface area (Å²) in [6.07, 6.45) is 2.90. The van der Waals surface area contributed by atoms with Crippen LogP contribution in [0.25, 0.3) is 11.5 Å². The lowest BCUT2D eigenvalue weighted by atomic mass is 10.1. The van der Waals surface area contributed by atoms with Crippen molar-refractivity contribution >= 4 is 15.5 Å². The number of sulfone groups is 1. The van der Waals surface area contributed by atoms with Crippen molar-refractivity contribution in [1.82, 2.24) is 10.2 Å². The molecule has 0 amide bonds. The minimum atomic E-state index is -2.90. The SMILES string of the molecule is Cc1cc(-c2nnco2)ccc1NC1CCCS(=O)(=O)C1. The minimum Gasteiger partial charge on any atom is -0.423 e. The van der Waals surface area contributed by atoms with E-state index in [9.17, 15) is 8.42 Å². The third-order valence-corrected chi connectivity index (χ3v) is 5.48. The smallest absolute Gasteiger partial charge is 0.247 e. The van der Waals surface area contributed by atoms with Crippen molar-refractivity contribution in [3.05, 3.63) is 30.2 Å². The van der Waals surface area contributed by atoms with Crippen LogP contribution in [0.2, 0.25) is 0 Å². The van der Waals surface area contributed by atoms with Gasteiger partial charge in [0, 0.05) is 17.3 Å². The molecule has 1 fully saturated rings. The van der Waals surface area contributed by atoms with E-state index >= 15 is 0 Å². The second kappa shape index (κ2) is 5.48.